The Morgan fingerprint density at radius 3 is 2.32 bits per heavy atom. The fourth-order valence-corrected chi connectivity index (χ4v) is 4.67. The topological polar surface area (TPSA) is 75.7 Å². The first-order valence-electron chi connectivity index (χ1n) is 12.0. The van der Waals surface area contributed by atoms with E-state index < -0.39 is 17.8 Å². The molecule has 4 amide bonds. The number of aryl methyl sites for hydroxylation is 3. The van der Waals surface area contributed by atoms with E-state index in [1.54, 1.807) is 18.2 Å². The number of imide groups is 2. The zero-order valence-electron chi connectivity index (χ0n) is 20.9. The average molecular weight is 491 g/mol. The molecule has 0 bridgehead atoms. The van der Waals surface area contributed by atoms with Gasteiger partial charge in [-0.25, -0.2) is 9.69 Å². The summed E-state index contributed by atoms with van der Waals surface area (Å²) in [6, 6.07) is 23.9. The number of carbonyl (C=O) groups excluding carboxylic acids is 3. The molecule has 0 unspecified atom stereocenters. The van der Waals surface area contributed by atoms with Gasteiger partial charge in [0.15, 0.2) is 0 Å². The Hall–Kier alpha value is -4.71. The molecule has 0 radical (unpaired) electrons. The summed E-state index contributed by atoms with van der Waals surface area (Å²) in [5.41, 5.74) is 5.04. The number of benzene rings is 4. The highest BCUT2D eigenvalue weighted by molar-refractivity contribution is 6.39. The van der Waals surface area contributed by atoms with Crippen LogP contribution in [0.2, 0.25) is 0 Å². The van der Waals surface area contributed by atoms with Gasteiger partial charge >= 0.3 is 6.03 Å². The third-order valence-corrected chi connectivity index (χ3v) is 6.26. The SMILES string of the molecule is Cc1cc(C)cc(COc2ccc3ccccc3c2/C=C2\C(=O)NC(=O)N(c3cccc(C)c3)C2=O)c1. The van der Waals surface area contributed by atoms with E-state index in [1.165, 1.54) is 6.08 Å². The second-order valence-corrected chi connectivity index (χ2v) is 9.28. The van der Waals surface area contributed by atoms with E-state index in [0.717, 1.165) is 37.9 Å². The van der Waals surface area contributed by atoms with Crippen molar-refractivity contribution in [2.45, 2.75) is 27.4 Å². The standard InChI is InChI=1S/C31H26N2O4/c1-19-7-6-9-24(16-19)33-30(35)27(29(34)32-31(33)36)17-26-25-10-5-4-8-23(25)11-12-28(26)37-18-22-14-20(2)13-21(3)15-22/h4-17H,18H2,1-3H3,(H,32,34,36)/b27-17+. The molecule has 1 fully saturated rings. The highest BCUT2D eigenvalue weighted by Gasteiger charge is 2.37. The lowest BCUT2D eigenvalue weighted by Crippen LogP contribution is -2.54. The van der Waals surface area contributed by atoms with Gasteiger partial charge in [-0.3, -0.25) is 14.9 Å². The Kier molecular flexibility index (Phi) is 6.32. The lowest BCUT2D eigenvalue weighted by molar-refractivity contribution is -0.122. The number of anilines is 1. The summed E-state index contributed by atoms with van der Waals surface area (Å²) in [5, 5.41) is 4.06. The van der Waals surface area contributed by atoms with Gasteiger partial charge in [0.1, 0.15) is 17.9 Å². The maximum absolute atomic E-state index is 13.5. The van der Waals surface area contributed by atoms with Crippen molar-refractivity contribution in [2.75, 3.05) is 4.90 Å². The predicted octanol–water partition coefficient (Wildman–Crippen LogP) is 6.01. The molecular weight excluding hydrogens is 464 g/mol. The van der Waals surface area contributed by atoms with Crippen molar-refractivity contribution in [3.05, 3.63) is 112 Å². The molecule has 0 aliphatic carbocycles. The van der Waals surface area contributed by atoms with E-state index >= 15 is 0 Å². The van der Waals surface area contributed by atoms with Gasteiger partial charge in [0.25, 0.3) is 11.8 Å². The van der Waals surface area contributed by atoms with Crippen molar-refractivity contribution >= 4 is 40.4 Å². The van der Waals surface area contributed by atoms with Crippen molar-refractivity contribution < 1.29 is 19.1 Å². The van der Waals surface area contributed by atoms with Crippen LogP contribution in [0.4, 0.5) is 10.5 Å². The summed E-state index contributed by atoms with van der Waals surface area (Å²) < 4.78 is 6.23. The van der Waals surface area contributed by atoms with Crippen LogP contribution in [0.3, 0.4) is 0 Å². The molecule has 184 valence electrons. The number of barbiturate groups is 1. The number of carbonyl (C=O) groups is 3. The fraction of sp³-hybridized carbons (Fsp3) is 0.129. The number of amides is 4. The third-order valence-electron chi connectivity index (χ3n) is 6.26. The van der Waals surface area contributed by atoms with Crippen molar-refractivity contribution in [3.8, 4) is 5.75 Å². The Morgan fingerprint density at radius 1 is 0.811 bits per heavy atom. The summed E-state index contributed by atoms with van der Waals surface area (Å²) in [4.78, 5) is 40.0. The molecule has 1 N–H and O–H groups in total. The van der Waals surface area contributed by atoms with Crippen molar-refractivity contribution in [1.82, 2.24) is 5.32 Å². The molecule has 5 rings (SSSR count). The molecule has 0 saturated carbocycles. The first kappa shape index (κ1) is 24.0. The minimum atomic E-state index is -0.776. The van der Waals surface area contributed by atoms with Crippen LogP contribution >= 0.6 is 0 Å². The van der Waals surface area contributed by atoms with E-state index in [1.807, 2.05) is 63.2 Å². The number of fused-ring (bicyclic) bond motifs is 1. The summed E-state index contributed by atoms with van der Waals surface area (Å²) in [5.74, 6) is -0.899. The van der Waals surface area contributed by atoms with Gasteiger partial charge < -0.3 is 4.74 Å². The van der Waals surface area contributed by atoms with E-state index in [2.05, 4.69) is 23.5 Å². The second kappa shape index (κ2) is 9.74. The number of urea groups is 1. The zero-order chi connectivity index (χ0) is 26.1. The van der Waals surface area contributed by atoms with Crippen LogP contribution in [0.25, 0.3) is 16.8 Å². The molecule has 6 heteroatoms. The van der Waals surface area contributed by atoms with E-state index in [0.29, 0.717) is 23.6 Å². The number of nitrogens with one attached hydrogen (secondary N) is 1. The molecule has 1 heterocycles. The van der Waals surface area contributed by atoms with Gasteiger partial charge in [0, 0.05) is 5.56 Å². The monoisotopic (exact) mass is 490 g/mol. The molecule has 0 spiro atoms. The number of hydrogen-bond donors (Lipinski definition) is 1. The van der Waals surface area contributed by atoms with Crippen molar-refractivity contribution in [3.63, 3.8) is 0 Å². The molecule has 6 nitrogen and oxygen atoms in total. The highest BCUT2D eigenvalue weighted by Crippen LogP contribution is 2.32. The summed E-state index contributed by atoms with van der Waals surface area (Å²) >= 11 is 0. The largest absolute Gasteiger partial charge is 0.488 e. The smallest absolute Gasteiger partial charge is 0.335 e. The Balaban J connectivity index is 1.58. The van der Waals surface area contributed by atoms with E-state index in [4.69, 9.17) is 4.74 Å². The molecule has 37 heavy (non-hydrogen) atoms. The number of rotatable bonds is 5. The van der Waals surface area contributed by atoms with Gasteiger partial charge in [-0.15, -0.1) is 0 Å². The third kappa shape index (κ3) is 4.86. The molecule has 4 aromatic carbocycles. The van der Waals surface area contributed by atoms with Gasteiger partial charge in [-0.05, 0) is 66.9 Å². The normalized spacial score (nSPS) is 14.8. The van der Waals surface area contributed by atoms with Crippen LogP contribution in [0.1, 0.15) is 27.8 Å². The molecule has 0 aromatic heterocycles. The number of nitrogens with zero attached hydrogens (tertiary/aromatic N) is 1. The van der Waals surface area contributed by atoms with E-state index in [9.17, 15) is 14.4 Å². The van der Waals surface area contributed by atoms with Crippen LogP contribution < -0.4 is 15.0 Å². The Bertz CT molecular complexity index is 1580. The lowest BCUT2D eigenvalue weighted by atomic mass is 9.99. The molecule has 0 atom stereocenters. The molecular formula is C31H26N2O4. The quantitative estimate of drug-likeness (QED) is 0.275. The molecule has 1 aliphatic rings. The van der Waals surface area contributed by atoms with Gasteiger partial charge in [-0.1, -0.05) is 71.8 Å². The van der Waals surface area contributed by atoms with Crippen LogP contribution in [-0.4, -0.2) is 17.8 Å². The number of hydrogen-bond acceptors (Lipinski definition) is 4. The maximum atomic E-state index is 13.5. The van der Waals surface area contributed by atoms with Gasteiger partial charge in [0.2, 0.25) is 0 Å². The van der Waals surface area contributed by atoms with E-state index in [-0.39, 0.29) is 5.57 Å². The fourth-order valence-electron chi connectivity index (χ4n) is 4.67. The number of ether oxygens (including phenoxy) is 1. The highest BCUT2D eigenvalue weighted by atomic mass is 16.5. The molecule has 1 saturated heterocycles. The minimum absolute atomic E-state index is 0.145. The van der Waals surface area contributed by atoms with Crippen LogP contribution in [-0.2, 0) is 16.2 Å². The molecule has 4 aromatic rings. The molecule has 1 aliphatic heterocycles. The predicted molar refractivity (Wildman–Crippen MR) is 144 cm³/mol. The summed E-state index contributed by atoms with van der Waals surface area (Å²) in [6.45, 7) is 6.27. The Labute approximate surface area is 215 Å². The van der Waals surface area contributed by atoms with Crippen molar-refractivity contribution in [2.24, 2.45) is 0 Å². The first-order chi connectivity index (χ1) is 17.8. The van der Waals surface area contributed by atoms with Crippen LogP contribution in [0, 0.1) is 20.8 Å². The van der Waals surface area contributed by atoms with Gasteiger partial charge in [-0.2, -0.15) is 0 Å². The summed E-state index contributed by atoms with van der Waals surface area (Å²) in [7, 11) is 0. The Morgan fingerprint density at radius 2 is 1.57 bits per heavy atom. The lowest BCUT2D eigenvalue weighted by Gasteiger charge is -2.26. The minimum Gasteiger partial charge on any atom is -0.488 e. The second-order valence-electron chi connectivity index (χ2n) is 9.28. The first-order valence-corrected chi connectivity index (χ1v) is 12.0. The zero-order valence-corrected chi connectivity index (χ0v) is 20.9. The van der Waals surface area contributed by atoms with Crippen molar-refractivity contribution in [1.29, 1.82) is 0 Å². The summed E-state index contributed by atoms with van der Waals surface area (Å²) in [6.07, 6.45) is 1.52. The van der Waals surface area contributed by atoms with Crippen LogP contribution in [0.5, 0.6) is 5.75 Å². The maximum Gasteiger partial charge on any atom is 0.335 e. The van der Waals surface area contributed by atoms with Crippen LogP contribution in [0.15, 0.2) is 84.4 Å². The average Bonchev–Trinajstić information content (AvgIpc) is 2.85. The van der Waals surface area contributed by atoms with Gasteiger partial charge in [0.05, 0.1) is 5.69 Å².